The molecular weight excluding hydrogens is 343 g/mol. The molecular formula is C12H10F3NO6S. The van der Waals surface area contributed by atoms with Crippen molar-refractivity contribution in [1.82, 2.24) is 4.98 Å². The van der Waals surface area contributed by atoms with Gasteiger partial charge in [-0.3, -0.25) is 4.79 Å². The molecule has 0 bridgehead atoms. The molecule has 1 rings (SSSR count). The Morgan fingerprint density at radius 2 is 1.96 bits per heavy atom. The topological polar surface area (TPSA) is 99.6 Å². The molecule has 0 saturated carbocycles. The van der Waals surface area contributed by atoms with E-state index < -0.39 is 38.8 Å². The number of esters is 1. The van der Waals surface area contributed by atoms with Gasteiger partial charge in [-0.05, 0) is 25.1 Å². The summed E-state index contributed by atoms with van der Waals surface area (Å²) in [5.41, 5.74) is -6.37. The molecule has 0 aliphatic rings. The van der Waals surface area contributed by atoms with Crippen LogP contribution in [0.25, 0.3) is 0 Å². The van der Waals surface area contributed by atoms with Crippen molar-refractivity contribution in [3.63, 3.8) is 0 Å². The van der Waals surface area contributed by atoms with Crippen LogP contribution in [0.4, 0.5) is 13.2 Å². The third kappa shape index (κ3) is 5.06. The summed E-state index contributed by atoms with van der Waals surface area (Å²) in [4.78, 5) is 26.3. The molecule has 1 aromatic heterocycles. The third-order valence-electron chi connectivity index (χ3n) is 2.14. The predicted molar refractivity (Wildman–Crippen MR) is 69.9 cm³/mol. The van der Waals surface area contributed by atoms with Gasteiger partial charge in [0, 0.05) is 12.3 Å². The summed E-state index contributed by atoms with van der Waals surface area (Å²) in [6.07, 6.45) is 2.44. The number of allylic oxidation sites excluding steroid dienone is 1. The SMILES string of the molecule is CCOC(=O)/C=C/C(=O)c1ncccc1OS(=O)(=O)C(F)(F)F. The predicted octanol–water partition coefficient (Wildman–Crippen LogP) is 1.61. The van der Waals surface area contributed by atoms with Gasteiger partial charge < -0.3 is 8.92 Å². The van der Waals surface area contributed by atoms with Crippen LogP contribution in [0.1, 0.15) is 17.4 Å². The molecule has 23 heavy (non-hydrogen) atoms. The van der Waals surface area contributed by atoms with Gasteiger partial charge in [0.25, 0.3) is 0 Å². The number of carbonyl (C=O) groups excluding carboxylic acids is 2. The van der Waals surface area contributed by atoms with Crippen LogP contribution in [0.5, 0.6) is 5.75 Å². The summed E-state index contributed by atoms with van der Waals surface area (Å²) in [5.74, 6) is -2.81. The van der Waals surface area contributed by atoms with Crippen LogP contribution in [0.3, 0.4) is 0 Å². The van der Waals surface area contributed by atoms with Crippen molar-refractivity contribution in [3.05, 3.63) is 36.2 Å². The van der Waals surface area contributed by atoms with Crippen LogP contribution in [0.15, 0.2) is 30.5 Å². The Morgan fingerprint density at radius 1 is 1.30 bits per heavy atom. The summed E-state index contributed by atoms with van der Waals surface area (Å²) in [7, 11) is -5.95. The van der Waals surface area contributed by atoms with Crippen molar-refractivity contribution >= 4 is 21.9 Å². The van der Waals surface area contributed by atoms with Crippen LogP contribution in [0, 0.1) is 0 Å². The molecule has 126 valence electrons. The third-order valence-corrected chi connectivity index (χ3v) is 3.11. The standard InChI is InChI=1S/C12H10F3NO6S/c1-2-21-10(18)6-5-8(17)11-9(4-3-7-16-11)22-23(19,20)12(13,14)15/h3-7H,2H2,1H3/b6-5+. The van der Waals surface area contributed by atoms with Crippen molar-refractivity contribution in [2.24, 2.45) is 0 Å². The second-order valence-electron chi connectivity index (χ2n) is 3.78. The molecule has 0 aliphatic heterocycles. The van der Waals surface area contributed by atoms with E-state index in [0.29, 0.717) is 6.08 Å². The number of carbonyl (C=O) groups is 2. The van der Waals surface area contributed by atoms with Crippen molar-refractivity contribution in [2.75, 3.05) is 6.61 Å². The lowest BCUT2D eigenvalue weighted by Crippen LogP contribution is -2.28. The van der Waals surface area contributed by atoms with Gasteiger partial charge >= 0.3 is 21.6 Å². The van der Waals surface area contributed by atoms with Crippen LogP contribution in [-0.4, -0.2) is 37.3 Å². The highest BCUT2D eigenvalue weighted by atomic mass is 32.2. The Kier molecular flexibility index (Phi) is 5.85. The molecule has 1 aromatic rings. The summed E-state index contributed by atoms with van der Waals surface area (Å²) in [6, 6.07) is 1.90. The lowest BCUT2D eigenvalue weighted by Gasteiger charge is -2.10. The zero-order valence-electron chi connectivity index (χ0n) is 11.5. The number of ether oxygens (including phenoxy) is 1. The second-order valence-corrected chi connectivity index (χ2v) is 5.32. The van der Waals surface area contributed by atoms with Gasteiger partial charge in [0.15, 0.2) is 11.4 Å². The monoisotopic (exact) mass is 353 g/mol. The van der Waals surface area contributed by atoms with Crippen molar-refractivity contribution in [3.8, 4) is 5.75 Å². The molecule has 0 spiro atoms. The number of hydrogen-bond acceptors (Lipinski definition) is 7. The van der Waals surface area contributed by atoms with E-state index in [4.69, 9.17) is 0 Å². The molecule has 0 fully saturated rings. The first-order valence-corrected chi connectivity index (χ1v) is 7.34. The zero-order chi connectivity index (χ0) is 17.7. The number of halogens is 3. The van der Waals surface area contributed by atoms with E-state index in [-0.39, 0.29) is 6.61 Å². The first-order valence-electron chi connectivity index (χ1n) is 5.93. The number of aromatic nitrogens is 1. The van der Waals surface area contributed by atoms with E-state index in [1.54, 1.807) is 0 Å². The smallest absolute Gasteiger partial charge is 0.463 e. The number of alkyl halides is 3. The summed E-state index contributed by atoms with van der Waals surface area (Å²) < 4.78 is 67.2. The van der Waals surface area contributed by atoms with Crippen molar-refractivity contribution in [2.45, 2.75) is 12.4 Å². The maximum absolute atomic E-state index is 12.3. The minimum atomic E-state index is -5.95. The molecule has 11 heteroatoms. The average Bonchev–Trinajstić information content (AvgIpc) is 2.44. The van der Waals surface area contributed by atoms with Crippen LogP contribution in [0.2, 0.25) is 0 Å². The van der Waals surface area contributed by atoms with Gasteiger partial charge in [-0.1, -0.05) is 0 Å². The normalized spacial score (nSPS) is 12.2. The van der Waals surface area contributed by atoms with Crippen LogP contribution in [-0.2, 0) is 19.6 Å². The highest BCUT2D eigenvalue weighted by Gasteiger charge is 2.49. The van der Waals surface area contributed by atoms with Gasteiger partial charge in [-0.2, -0.15) is 21.6 Å². The Balaban J connectivity index is 3.07. The van der Waals surface area contributed by atoms with Crippen molar-refractivity contribution < 1.29 is 40.1 Å². The van der Waals surface area contributed by atoms with E-state index in [9.17, 15) is 31.2 Å². The van der Waals surface area contributed by atoms with Gasteiger partial charge in [-0.25, -0.2) is 9.78 Å². The maximum Gasteiger partial charge on any atom is 0.534 e. The van der Waals surface area contributed by atoms with Crippen LogP contribution >= 0.6 is 0 Å². The molecule has 0 aliphatic carbocycles. The molecule has 1 heterocycles. The summed E-state index contributed by atoms with van der Waals surface area (Å²) in [5, 5.41) is 0. The minimum absolute atomic E-state index is 0.0547. The fraction of sp³-hybridized carbons (Fsp3) is 0.250. The van der Waals surface area contributed by atoms with Crippen LogP contribution < -0.4 is 4.18 Å². The molecule has 7 nitrogen and oxygen atoms in total. The first kappa shape index (κ1) is 18.6. The molecule has 0 saturated heterocycles. The highest BCUT2D eigenvalue weighted by molar-refractivity contribution is 7.88. The fourth-order valence-corrected chi connectivity index (χ4v) is 1.69. The first-order chi connectivity index (χ1) is 10.6. The van der Waals surface area contributed by atoms with Gasteiger partial charge in [0.1, 0.15) is 0 Å². The minimum Gasteiger partial charge on any atom is -0.463 e. The average molecular weight is 353 g/mol. The zero-order valence-corrected chi connectivity index (χ0v) is 12.3. The fourth-order valence-electron chi connectivity index (χ4n) is 1.22. The molecule has 0 radical (unpaired) electrons. The van der Waals surface area contributed by atoms with E-state index >= 15 is 0 Å². The maximum atomic E-state index is 12.3. The Labute approximate surface area is 128 Å². The molecule has 0 amide bonds. The quantitative estimate of drug-likeness (QED) is 0.252. The van der Waals surface area contributed by atoms with Gasteiger partial charge in [-0.15, -0.1) is 0 Å². The number of rotatable bonds is 6. The summed E-state index contributed by atoms with van der Waals surface area (Å²) >= 11 is 0. The van der Waals surface area contributed by atoms with E-state index in [1.165, 1.54) is 6.92 Å². The summed E-state index contributed by atoms with van der Waals surface area (Å²) in [6.45, 7) is 1.58. The van der Waals surface area contributed by atoms with E-state index in [2.05, 4.69) is 13.9 Å². The number of ketones is 1. The number of pyridine rings is 1. The molecule has 0 N–H and O–H groups in total. The second kappa shape index (κ2) is 7.22. The van der Waals surface area contributed by atoms with E-state index in [0.717, 1.165) is 24.4 Å². The molecule has 0 unspecified atom stereocenters. The molecule has 0 atom stereocenters. The van der Waals surface area contributed by atoms with Crippen molar-refractivity contribution in [1.29, 1.82) is 0 Å². The number of nitrogens with zero attached hydrogens (tertiary/aromatic N) is 1. The Bertz CT molecular complexity index is 727. The number of hydrogen-bond donors (Lipinski definition) is 0. The molecule has 0 aromatic carbocycles. The van der Waals surface area contributed by atoms with Gasteiger partial charge in [0.05, 0.1) is 6.61 Å². The largest absolute Gasteiger partial charge is 0.534 e. The lowest BCUT2D eigenvalue weighted by atomic mass is 10.2. The highest BCUT2D eigenvalue weighted by Crippen LogP contribution is 2.28. The van der Waals surface area contributed by atoms with Gasteiger partial charge in [0.2, 0.25) is 5.78 Å². The Hall–Kier alpha value is -2.43. The van der Waals surface area contributed by atoms with E-state index in [1.807, 2.05) is 0 Å². The lowest BCUT2D eigenvalue weighted by molar-refractivity contribution is -0.137. The Morgan fingerprint density at radius 3 is 2.52 bits per heavy atom.